The van der Waals surface area contributed by atoms with Crippen molar-refractivity contribution in [2.24, 2.45) is 0 Å². The molecule has 1 aromatic heterocycles. The van der Waals surface area contributed by atoms with Crippen LogP contribution in [-0.4, -0.2) is 33.3 Å². The molecule has 6 nitrogen and oxygen atoms in total. The molecule has 22 heavy (non-hydrogen) atoms. The molecular formula is C15H19FN4O2. The highest BCUT2D eigenvalue weighted by atomic mass is 19.1. The van der Waals surface area contributed by atoms with Crippen molar-refractivity contribution in [2.75, 3.05) is 6.54 Å². The second kappa shape index (κ2) is 7.56. The molecule has 0 aliphatic rings. The number of hydrogen-bond acceptors (Lipinski definition) is 3. The zero-order valence-electron chi connectivity index (χ0n) is 12.2. The zero-order chi connectivity index (χ0) is 15.9. The first-order chi connectivity index (χ1) is 10.6. The Morgan fingerprint density at radius 1 is 1.45 bits per heavy atom. The molecule has 0 aliphatic heterocycles. The van der Waals surface area contributed by atoms with Gasteiger partial charge in [0.25, 0.3) is 0 Å². The number of nitrogens with one attached hydrogen (secondary N) is 2. The van der Waals surface area contributed by atoms with E-state index >= 15 is 0 Å². The molecule has 0 unspecified atom stereocenters. The summed E-state index contributed by atoms with van der Waals surface area (Å²) in [6, 6.07) is 5.41. The van der Waals surface area contributed by atoms with Crippen LogP contribution in [0.2, 0.25) is 0 Å². The van der Waals surface area contributed by atoms with Crippen LogP contribution in [0.25, 0.3) is 0 Å². The molecule has 0 fully saturated rings. The number of hydrogen-bond donors (Lipinski definition) is 3. The Morgan fingerprint density at radius 3 is 2.91 bits per heavy atom. The largest absolute Gasteiger partial charge is 0.386 e. The molecule has 3 N–H and O–H groups in total. The van der Waals surface area contributed by atoms with Gasteiger partial charge >= 0.3 is 6.03 Å². The highest BCUT2D eigenvalue weighted by Crippen LogP contribution is 2.15. The number of benzene rings is 1. The highest BCUT2D eigenvalue weighted by molar-refractivity contribution is 5.74. The van der Waals surface area contributed by atoms with Gasteiger partial charge in [-0.05, 0) is 13.0 Å². The Morgan fingerprint density at radius 2 is 2.23 bits per heavy atom. The van der Waals surface area contributed by atoms with E-state index in [1.165, 1.54) is 12.1 Å². The predicted molar refractivity (Wildman–Crippen MR) is 79.6 cm³/mol. The molecule has 2 amide bonds. The van der Waals surface area contributed by atoms with E-state index in [9.17, 15) is 14.3 Å². The smallest absolute Gasteiger partial charge is 0.315 e. The molecule has 0 spiro atoms. The fraction of sp³-hybridized carbons (Fsp3) is 0.333. The van der Waals surface area contributed by atoms with Gasteiger partial charge in [0.15, 0.2) is 0 Å². The summed E-state index contributed by atoms with van der Waals surface area (Å²) in [5.41, 5.74) is 0.161. The molecule has 2 aromatic rings. The highest BCUT2D eigenvalue weighted by Gasteiger charge is 2.14. The average molecular weight is 306 g/mol. The van der Waals surface area contributed by atoms with Gasteiger partial charge in [0.2, 0.25) is 0 Å². The Labute approximate surface area is 128 Å². The first-order valence-corrected chi connectivity index (χ1v) is 6.99. The molecule has 118 valence electrons. The number of aromatic nitrogens is 2. The van der Waals surface area contributed by atoms with Crippen LogP contribution in [0.3, 0.4) is 0 Å². The number of aliphatic hydroxyl groups excluding tert-OH is 1. The number of carbonyl (C=O) groups excluding carboxylic acids is 1. The van der Waals surface area contributed by atoms with Crippen molar-refractivity contribution in [1.82, 2.24) is 20.2 Å². The van der Waals surface area contributed by atoms with Crippen molar-refractivity contribution >= 4 is 6.03 Å². The molecule has 1 aromatic carbocycles. The van der Waals surface area contributed by atoms with E-state index < -0.39 is 18.0 Å². The molecule has 2 atom stereocenters. The summed E-state index contributed by atoms with van der Waals surface area (Å²) in [5.74, 6) is -0.495. The number of rotatable bonds is 6. The standard InChI is InChI=1S/C15H19FN4O2/c1-11(9-20-7-6-17-10-20)19-15(22)18-8-14(21)12-4-2-3-5-13(12)16/h2-7,10-11,14,21H,8-9H2,1H3,(H2,18,19,22)/t11-,14-/m1/s1. The fourth-order valence-electron chi connectivity index (χ4n) is 2.08. The molecule has 7 heteroatoms. The second-order valence-corrected chi connectivity index (χ2v) is 5.05. The maximum atomic E-state index is 13.5. The van der Waals surface area contributed by atoms with Crippen LogP contribution in [0.1, 0.15) is 18.6 Å². The third-order valence-corrected chi connectivity index (χ3v) is 3.14. The summed E-state index contributed by atoms with van der Waals surface area (Å²) in [6.07, 6.45) is 4.05. The molecule has 0 bridgehead atoms. The third kappa shape index (κ3) is 4.56. The molecule has 0 saturated carbocycles. The van der Waals surface area contributed by atoms with Crippen molar-refractivity contribution in [3.63, 3.8) is 0 Å². The summed E-state index contributed by atoms with van der Waals surface area (Å²) in [5, 5.41) is 15.2. The number of carbonyl (C=O) groups is 1. The Balaban J connectivity index is 1.76. The van der Waals surface area contributed by atoms with E-state index in [1.807, 2.05) is 11.5 Å². The van der Waals surface area contributed by atoms with Crippen molar-refractivity contribution in [2.45, 2.75) is 25.6 Å². The van der Waals surface area contributed by atoms with Crippen LogP contribution >= 0.6 is 0 Å². The first kappa shape index (κ1) is 16.0. The number of imidazole rings is 1. The van der Waals surface area contributed by atoms with Gasteiger partial charge in [0.05, 0.1) is 12.4 Å². The topological polar surface area (TPSA) is 79.2 Å². The molecule has 1 heterocycles. The fourth-order valence-corrected chi connectivity index (χ4v) is 2.08. The normalized spacial score (nSPS) is 13.4. The number of urea groups is 1. The van der Waals surface area contributed by atoms with Gasteiger partial charge in [-0.2, -0.15) is 0 Å². The first-order valence-electron chi connectivity index (χ1n) is 6.99. The lowest BCUT2D eigenvalue weighted by Gasteiger charge is -2.17. The van der Waals surface area contributed by atoms with E-state index in [0.29, 0.717) is 6.54 Å². The second-order valence-electron chi connectivity index (χ2n) is 5.05. The summed E-state index contributed by atoms with van der Waals surface area (Å²) < 4.78 is 15.3. The van der Waals surface area contributed by atoms with Gasteiger partial charge in [-0.25, -0.2) is 14.2 Å². The maximum Gasteiger partial charge on any atom is 0.315 e. The lowest BCUT2D eigenvalue weighted by molar-refractivity contribution is 0.168. The molecule has 0 saturated heterocycles. The van der Waals surface area contributed by atoms with Gasteiger partial charge in [0, 0.05) is 37.1 Å². The quantitative estimate of drug-likeness (QED) is 0.755. The minimum Gasteiger partial charge on any atom is -0.386 e. The molecule has 0 aliphatic carbocycles. The van der Waals surface area contributed by atoms with Gasteiger partial charge < -0.3 is 20.3 Å². The maximum absolute atomic E-state index is 13.5. The lowest BCUT2D eigenvalue weighted by Crippen LogP contribution is -2.43. The van der Waals surface area contributed by atoms with Gasteiger partial charge in [-0.3, -0.25) is 0 Å². The number of aliphatic hydroxyl groups is 1. The van der Waals surface area contributed by atoms with Crippen LogP contribution in [-0.2, 0) is 6.54 Å². The Bertz CT molecular complexity index is 603. The van der Waals surface area contributed by atoms with Gasteiger partial charge in [-0.1, -0.05) is 18.2 Å². The van der Waals surface area contributed by atoms with Crippen molar-refractivity contribution in [3.05, 3.63) is 54.4 Å². The van der Waals surface area contributed by atoms with E-state index in [-0.39, 0.29) is 18.2 Å². The summed E-state index contributed by atoms with van der Waals surface area (Å²) >= 11 is 0. The van der Waals surface area contributed by atoms with Crippen molar-refractivity contribution in [3.8, 4) is 0 Å². The molecule has 2 rings (SSSR count). The zero-order valence-corrected chi connectivity index (χ0v) is 12.2. The molecular weight excluding hydrogens is 287 g/mol. The third-order valence-electron chi connectivity index (χ3n) is 3.14. The van der Waals surface area contributed by atoms with E-state index in [0.717, 1.165) is 0 Å². The van der Waals surface area contributed by atoms with Crippen LogP contribution in [0.4, 0.5) is 9.18 Å². The average Bonchev–Trinajstić information content (AvgIpc) is 2.98. The Kier molecular flexibility index (Phi) is 5.48. The lowest BCUT2D eigenvalue weighted by atomic mass is 10.1. The van der Waals surface area contributed by atoms with Gasteiger partial charge in [0.1, 0.15) is 5.82 Å². The van der Waals surface area contributed by atoms with Crippen LogP contribution in [0.5, 0.6) is 0 Å². The summed E-state index contributed by atoms with van der Waals surface area (Å²) in [6.45, 7) is 2.38. The number of nitrogens with zero attached hydrogens (tertiary/aromatic N) is 2. The van der Waals surface area contributed by atoms with Crippen molar-refractivity contribution < 1.29 is 14.3 Å². The van der Waals surface area contributed by atoms with E-state index in [1.54, 1.807) is 30.9 Å². The van der Waals surface area contributed by atoms with Gasteiger partial charge in [-0.15, -0.1) is 0 Å². The Hall–Kier alpha value is -2.41. The minimum atomic E-state index is -1.09. The predicted octanol–water partition coefficient (Wildman–Crippen LogP) is 1.44. The van der Waals surface area contributed by atoms with Crippen LogP contribution in [0, 0.1) is 5.82 Å². The summed E-state index contributed by atoms with van der Waals surface area (Å²) in [4.78, 5) is 15.7. The van der Waals surface area contributed by atoms with Crippen molar-refractivity contribution in [1.29, 1.82) is 0 Å². The minimum absolute atomic E-state index is 0.0649. The number of amides is 2. The summed E-state index contributed by atoms with van der Waals surface area (Å²) in [7, 11) is 0. The molecule has 0 radical (unpaired) electrons. The monoisotopic (exact) mass is 306 g/mol. The van der Waals surface area contributed by atoms with E-state index in [2.05, 4.69) is 15.6 Å². The van der Waals surface area contributed by atoms with Crippen LogP contribution in [0.15, 0.2) is 43.0 Å². The van der Waals surface area contributed by atoms with E-state index in [4.69, 9.17) is 0 Å². The van der Waals surface area contributed by atoms with Crippen LogP contribution < -0.4 is 10.6 Å². The SMILES string of the molecule is C[C@H](Cn1ccnc1)NC(=O)NC[C@@H](O)c1ccccc1F. The number of halogens is 1.